The van der Waals surface area contributed by atoms with Gasteiger partial charge in [-0.05, 0) is 37.8 Å². The second kappa shape index (κ2) is 5.27. The maximum atomic E-state index is 12.6. The third-order valence-electron chi connectivity index (χ3n) is 4.25. The summed E-state index contributed by atoms with van der Waals surface area (Å²) in [6.45, 7) is 2.84. The number of nitrogens with zero attached hydrogens (tertiary/aromatic N) is 1. The number of cyclic esters (lactones) is 1. The standard InChI is InChI=1S/C16H19NO3/c1-11-6-4-5-9-17(11)15(18)14-10-12-7-2-3-8-13(12)16(19)20-14/h2-3,7-8,11,14H,4-6,9-10H2,1H3. The van der Waals surface area contributed by atoms with E-state index in [0.717, 1.165) is 31.4 Å². The highest BCUT2D eigenvalue weighted by molar-refractivity contribution is 5.95. The van der Waals surface area contributed by atoms with Crippen LogP contribution in [-0.2, 0) is 16.0 Å². The van der Waals surface area contributed by atoms with E-state index < -0.39 is 6.10 Å². The number of benzene rings is 1. The average Bonchev–Trinajstić information content (AvgIpc) is 2.47. The van der Waals surface area contributed by atoms with E-state index in [2.05, 4.69) is 6.92 Å². The molecule has 1 amide bonds. The van der Waals surface area contributed by atoms with Crippen LogP contribution < -0.4 is 0 Å². The predicted molar refractivity (Wildman–Crippen MR) is 74.4 cm³/mol. The van der Waals surface area contributed by atoms with Crippen LogP contribution in [0.4, 0.5) is 0 Å². The Hall–Kier alpha value is -1.84. The minimum Gasteiger partial charge on any atom is -0.448 e. The Bertz CT molecular complexity index is 540. The smallest absolute Gasteiger partial charge is 0.339 e. The highest BCUT2D eigenvalue weighted by Crippen LogP contribution is 2.24. The third kappa shape index (κ3) is 2.30. The molecule has 1 aromatic carbocycles. The van der Waals surface area contributed by atoms with Gasteiger partial charge in [0.25, 0.3) is 5.91 Å². The second-order valence-corrected chi connectivity index (χ2v) is 5.63. The lowest BCUT2D eigenvalue weighted by atomic mass is 9.96. The van der Waals surface area contributed by atoms with Crippen LogP contribution in [0.1, 0.15) is 42.1 Å². The summed E-state index contributed by atoms with van der Waals surface area (Å²) in [7, 11) is 0. The molecule has 4 nitrogen and oxygen atoms in total. The lowest BCUT2D eigenvalue weighted by Gasteiger charge is -2.36. The van der Waals surface area contributed by atoms with Crippen molar-refractivity contribution < 1.29 is 14.3 Å². The molecule has 4 heteroatoms. The number of amides is 1. The maximum absolute atomic E-state index is 12.6. The number of carbonyl (C=O) groups is 2. The fourth-order valence-electron chi connectivity index (χ4n) is 3.08. The molecule has 1 saturated heterocycles. The second-order valence-electron chi connectivity index (χ2n) is 5.63. The summed E-state index contributed by atoms with van der Waals surface area (Å²) in [5.74, 6) is -0.421. The van der Waals surface area contributed by atoms with E-state index in [-0.39, 0.29) is 17.9 Å². The molecular formula is C16H19NO3. The van der Waals surface area contributed by atoms with Crippen LogP contribution >= 0.6 is 0 Å². The first kappa shape index (κ1) is 13.2. The van der Waals surface area contributed by atoms with Gasteiger partial charge in [0.05, 0.1) is 5.56 Å². The molecule has 2 heterocycles. The Labute approximate surface area is 118 Å². The number of fused-ring (bicyclic) bond motifs is 1. The van der Waals surface area contributed by atoms with E-state index in [1.54, 1.807) is 6.07 Å². The summed E-state index contributed by atoms with van der Waals surface area (Å²) in [6.07, 6.45) is 3.07. The topological polar surface area (TPSA) is 46.6 Å². The first-order chi connectivity index (χ1) is 9.66. The molecule has 0 N–H and O–H groups in total. The van der Waals surface area contributed by atoms with Gasteiger partial charge in [-0.25, -0.2) is 4.79 Å². The van der Waals surface area contributed by atoms with Crippen LogP contribution in [0.5, 0.6) is 0 Å². The number of hydrogen-bond acceptors (Lipinski definition) is 3. The van der Waals surface area contributed by atoms with Gasteiger partial charge in [0, 0.05) is 19.0 Å². The summed E-state index contributed by atoms with van der Waals surface area (Å²) in [5, 5.41) is 0. The molecule has 3 rings (SSSR count). The Morgan fingerprint density at radius 1 is 1.30 bits per heavy atom. The van der Waals surface area contributed by atoms with E-state index in [1.807, 2.05) is 23.1 Å². The zero-order valence-corrected chi connectivity index (χ0v) is 11.7. The van der Waals surface area contributed by atoms with Crippen LogP contribution in [0.25, 0.3) is 0 Å². The Morgan fingerprint density at radius 3 is 2.90 bits per heavy atom. The molecule has 0 aliphatic carbocycles. The molecule has 0 aromatic heterocycles. The van der Waals surface area contributed by atoms with Gasteiger partial charge in [-0.3, -0.25) is 4.79 Å². The first-order valence-electron chi connectivity index (χ1n) is 7.26. The fraction of sp³-hybridized carbons (Fsp3) is 0.500. The van der Waals surface area contributed by atoms with Gasteiger partial charge in [0.15, 0.2) is 6.10 Å². The number of rotatable bonds is 1. The summed E-state index contributed by atoms with van der Waals surface area (Å²) in [4.78, 5) is 26.4. The van der Waals surface area contributed by atoms with Crippen molar-refractivity contribution in [2.75, 3.05) is 6.54 Å². The molecule has 2 unspecified atom stereocenters. The predicted octanol–water partition coefficient (Wildman–Crippen LogP) is 2.17. The quantitative estimate of drug-likeness (QED) is 0.737. The Balaban J connectivity index is 1.79. The first-order valence-corrected chi connectivity index (χ1v) is 7.26. The SMILES string of the molecule is CC1CCCCN1C(=O)C1Cc2ccccc2C(=O)O1. The largest absolute Gasteiger partial charge is 0.448 e. The molecular weight excluding hydrogens is 254 g/mol. The highest BCUT2D eigenvalue weighted by atomic mass is 16.5. The molecule has 20 heavy (non-hydrogen) atoms. The molecule has 106 valence electrons. The van der Waals surface area contributed by atoms with Crippen molar-refractivity contribution in [2.24, 2.45) is 0 Å². The molecule has 0 spiro atoms. The Morgan fingerprint density at radius 2 is 2.10 bits per heavy atom. The number of esters is 1. The number of likely N-dealkylation sites (tertiary alicyclic amines) is 1. The van der Waals surface area contributed by atoms with E-state index in [4.69, 9.17) is 4.74 Å². The lowest BCUT2D eigenvalue weighted by Crippen LogP contribution is -2.49. The van der Waals surface area contributed by atoms with Gasteiger partial charge in [-0.2, -0.15) is 0 Å². The average molecular weight is 273 g/mol. The number of carbonyl (C=O) groups excluding carboxylic acids is 2. The summed E-state index contributed by atoms with van der Waals surface area (Å²) in [6, 6.07) is 7.60. The van der Waals surface area contributed by atoms with Gasteiger partial charge in [0.1, 0.15) is 0 Å². The van der Waals surface area contributed by atoms with Crippen molar-refractivity contribution >= 4 is 11.9 Å². The van der Waals surface area contributed by atoms with Crippen LogP contribution in [-0.4, -0.2) is 35.5 Å². The van der Waals surface area contributed by atoms with Crippen molar-refractivity contribution in [2.45, 2.75) is 44.8 Å². The summed E-state index contributed by atoms with van der Waals surface area (Å²) < 4.78 is 5.35. The third-order valence-corrected chi connectivity index (χ3v) is 4.25. The normalized spacial score (nSPS) is 25.9. The number of piperidine rings is 1. The summed E-state index contributed by atoms with van der Waals surface area (Å²) >= 11 is 0. The van der Waals surface area contributed by atoms with Crippen molar-refractivity contribution in [1.29, 1.82) is 0 Å². The van der Waals surface area contributed by atoms with Gasteiger partial charge in [-0.15, -0.1) is 0 Å². The molecule has 1 aromatic rings. The van der Waals surface area contributed by atoms with Crippen molar-refractivity contribution in [3.63, 3.8) is 0 Å². The maximum Gasteiger partial charge on any atom is 0.339 e. The zero-order chi connectivity index (χ0) is 14.1. The van der Waals surface area contributed by atoms with Gasteiger partial charge in [0.2, 0.25) is 0 Å². The molecule has 0 bridgehead atoms. The van der Waals surface area contributed by atoms with Crippen LogP contribution in [0.2, 0.25) is 0 Å². The molecule has 2 atom stereocenters. The molecule has 2 aliphatic rings. The molecule has 2 aliphatic heterocycles. The monoisotopic (exact) mass is 273 g/mol. The van der Waals surface area contributed by atoms with Crippen molar-refractivity contribution in [3.8, 4) is 0 Å². The zero-order valence-electron chi connectivity index (χ0n) is 11.7. The van der Waals surface area contributed by atoms with Crippen LogP contribution in [0.3, 0.4) is 0 Å². The van der Waals surface area contributed by atoms with E-state index >= 15 is 0 Å². The fourth-order valence-corrected chi connectivity index (χ4v) is 3.08. The summed E-state index contributed by atoms with van der Waals surface area (Å²) in [5.41, 5.74) is 1.50. The molecule has 0 saturated carbocycles. The molecule has 0 radical (unpaired) electrons. The minimum atomic E-state index is -0.655. The van der Waals surface area contributed by atoms with Gasteiger partial charge >= 0.3 is 5.97 Å². The van der Waals surface area contributed by atoms with E-state index in [1.165, 1.54) is 0 Å². The van der Waals surface area contributed by atoms with Crippen LogP contribution in [0.15, 0.2) is 24.3 Å². The van der Waals surface area contributed by atoms with Crippen molar-refractivity contribution in [3.05, 3.63) is 35.4 Å². The molecule has 1 fully saturated rings. The van der Waals surface area contributed by atoms with E-state index in [0.29, 0.717) is 12.0 Å². The number of ether oxygens (including phenoxy) is 1. The van der Waals surface area contributed by atoms with Gasteiger partial charge in [-0.1, -0.05) is 18.2 Å². The number of hydrogen-bond donors (Lipinski definition) is 0. The van der Waals surface area contributed by atoms with Crippen molar-refractivity contribution in [1.82, 2.24) is 4.90 Å². The highest BCUT2D eigenvalue weighted by Gasteiger charge is 2.35. The lowest BCUT2D eigenvalue weighted by molar-refractivity contribution is -0.144. The van der Waals surface area contributed by atoms with Gasteiger partial charge < -0.3 is 9.64 Å². The Kier molecular flexibility index (Phi) is 3.47. The minimum absolute atomic E-state index is 0.0416. The van der Waals surface area contributed by atoms with E-state index in [9.17, 15) is 9.59 Å². The van der Waals surface area contributed by atoms with Crippen LogP contribution in [0, 0.1) is 0 Å².